The first-order chi connectivity index (χ1) is 9.51. The van der Waals surface area contributed by atoms with Crippen LogP contribution in [0.15, 0.2) is 42.5 Å². The van der Waals surface area contributed by atoms with Gasteiger partial charge in [-0.3, -0.25) is 0 Å². The van der Waals surface area contributed by atoms with E-state index in [-0.39, 0.29) is 28.3 Å². The van der Waals surface area contributed by atoms with E-state index in [1.54, 1.807) is 6.92 Å². The molecule has 0 fully saturated rings. The van der Waals surface area contributed by atoms with Crippen molar-refractivity contribution in [1.29, 1.82) is 0 Å². The Morgan fingerprint density at radius 2 is 1.55 bits per heavy atom. The Balaban J connectivity index is 0.000000397. The summed E-state index contributed by atoms with van der Waals surface area (Å²) in [7, 11) is 0. The van der Waals surface area contributed by atoms with Crippen LogP contribution in [0.25, 0.3) is 0 Å². The van der Waals surface area contributed by atoms with Gasteiger partial charge in [0.25, 0.3) is 0 Å². The molecule has 0 aromatic heterocycles. The monoisotopic (exact) mass is 340 g/mol. The summed E-state index contributed by atoms with van der Waals surface area (Å²) < 4.78 is 0. The Bertz CT molecular complexity index is 560. The van der Waals surface area contributed by atoms with Crippen molar-refractivity contribution < 1.29 is 21.9 Å². The number of carbonyl (C=O) groups excluding carboxylic acids is 1. The molecule has 0 heterocycles. The third kappa shape index (κ3) is 6.34. The van der Waals surface area contributed by atoms with Crippen LogP contribution in [0.2, 0.25) is 0 Å². The van der Waals surface area contributed by atoms with Crippen LogP contribution >= 0.6 is 0 Å². The fourth-order valence-electron chi connectivity index (χ4n) is 2.00. The number of ketones is 1. The smallest absolute Gasteiger partial charge is 0.105 e. The molecule has 0 radical (unpaired) electrons. The van der Waals surface area contributed by atoms with Gasteiger partial charge in [-0.25, -0.2) is 11.5 Å². The maximum atomic E-state index is 11.0. The number of rotatable bonds is 1. The maximum absolute atomic E-state index is 11.0. The Morgan fingerprint density at radius 1 is 1.05 bits per heavy atom. The van der Waals surface area contributed by atoms with Gasteiger partial charge in [0.15, 0.2) is 0 Å². The zero-order valence-electron chi connectivity index (χ0n) is 14.8. The van der Waals surface area contributed by atoms with Crippen LogP contribution in [0.3, 0.4) is 0 Å². The second kappa shape index (κ2) is 7.94. The molecule has 0 saturated carbocycles. The molecule has 0 saturated heterocycles. The summed E-state index contributed by atoms with van der Waals surface area (Å²) in [5.41, 5.74) is 3.94. The standard InChI is InChI=1S/C11H15O.C9H13.Fe/c1-8(12)9-5-6-10(7-9)11(2,3)4;1-9(2,3)8-6-4-5-7-8;/h5-7H,1-4H3;4-7H,1-3H3;/q-1;-5;. The molecular formula is C20H28FeO-6. The maximum Gasteiger partial charge on any atom is 0.105 e. The molecule has 2 heteroatoms. The molecule has 0 unspecified atom stereocenters. The van der Waals surface area contributed by atoms with Crippen LogP contribution in [-0.4, -0.2) is 5.78 Å². The first-order valence-corrected chi connectivity index (χ1v) is 7.52. The molecule has 128 valence electrons. The summed E-state index contributed by atoms with van der Waals surface area (Å²) in [5.74, 6) is 0.144. The SMILES string of the molecule is CC(=O)[c-]1ccc(C(C)(C)C)c1.CC(C)(C)[c-]1[cH-][cH-][cH-][cH-]1.[Fe]. The Hall–Kier alpha value is -1.11. The molecule has 2 aromatic rings. The first-order valence-electron chi connectivity index (χ1n) is 7.52. The van der Waals surface area contributed by atoms with Gasteiger partial charge in [-0.05, 0) is 6.92 Å². The Morgan fingerprint density at radius 3 is 1.77 bits per heavy atom. The summed E-state index contributed by atoms with van der Waals surface area (Å²) in [5, 5.41) is 0. The van der Waals surface area contributed by atoms with E-state index in [9.17, 15) is 4.79 Å². The zero-order valence-corrected chi connectivity index (χ0v) is 15.9. The third-order valence-corrected chi connectivity index (χ3v) is 3.55. The van der Waals surface area contributed by atoms with E-state index in [1.807, 2.05) is 18.2 Å². The average Bonchev–Trinajstić information content (AvgIpc) is 3.00. The molecule has 0 aliphatic heterocycles. The van der Waals surface area contributed by atoms with Gasteiger partial charge in [0.1, 0.15) is 5.78 Å². The van der Waals surface area contributed by atoms with E-state index in [4.69, 9.17) is 0 Å². The van der Waals surface area contributed by atoms with Crippen LogP contribution in [0.5, 0.6) is 0 Å². The predicted molar refractivity (Wildman–Crippen MR) is 91.5 cm³/mol. The van der Waals surface area contributed by atoms with Crippen LogP contribution in [0.4, 0.5) is 0 Å². The number of hydrogen-bond acceptors (Lipinski definition) is 1. The molecule has 0 spiro atoms. The second-order valence-electron chi connectivity index (χ2n) is 7.62. The van der Waals surface area contributed by atoms with E-state index < -0.39 is 0 Å². The van der Waals surface area contributed by atoms with Crippen molar-refractivity contribution >= 4 is 5.78 Å². The van der Waals surface area contributed by atoms with Crippen molar-refractivity contribution in [2.45, 2.75) is 59.3 Å². The first kappa shape index (κ1) is 20.9. The minimum atomic E-state index is 0. The summed E-state index contributed by atoms with van der Waals surface area (Å²) in [6.45, 7) is 14.7. The molecule has 2 rings (SSSR count). The molecule has 0 bridgehead atoms. The topological polar surface area (TPSA) is 17.1 Å². The predicted octanol–water partition coefficient (Wildman–Crippen LogP) is 5.61. The summed E-state index contributed by atoms with van der Waals surface area (Å²) in [6, 6.07) is 14.4. The molecule has 1 nitrogen and oxygen atoms in total. The number of hydrogen-bond donors (Lipinski definition) is 0. The quantitative estimate of drug-likeness (QED) is 0.375. The van der Waals surface area contributed by atoms with Crippen molar-refractivity contribution in [2.24, 2.45) is 0 Å². The third-order valence-electron chi connectivity index (χ3n) is 3.55. The van der Waals surface area contributed by atoms with Crippen LogP contribution < -0.4 is 0 Å². The fourth-order valence-corrected chi connectivity index (χ4v) is 2.00. The van der Waals surface area contributed by atoms with Gasteiger partial charge in [0.05, 0.1) is 0 Å². The van der Waals surface area contributed by atoms with Gasteiger partial charge in [0.2, 0.25) is 0 Å². The van der Waals surface area contributed by atoms with E-state index >= 15 is 0 Å². The summed E-state index contributed by atoms with van der Waals surface area (Å²) >= 11 is 0. The van der Waals surface area contributed by atoms with Gasteiger partial charge in [-0.1, -0.05) is 52.5 Å². The molecule has 0 amide bonds. The average molecular weight is 340 g/mol. The van der Waals surface area contributed by atoms with Crippen LogP contribution in [0.1, 0.15) is 70.0 Å². The zero-order chi connectivity index (χ0) is 16.3. The van der Waals surface area contributed by atoms with Gasteiger partial charge in [-0.15, -0.1) is 0 Å². The van der Waals surface area contributed by atoms with E-state index in [1.165, 1.54) is 11.1 Å². The van der Waals surface area contributed by atoms with Gasteiger partial charge < -0.3 is 34.6 Å². The van der Waals surface area contributed by atoms with Gasteiger partial charge in [-0.2, -0.15) is 17.7 Å². The minimum Gasteiger partial charge on any atom is -0.748 e. The van der Waals surface area contributed by atoms with Crippen molar-refractivity contribution in [3.8, 4) is 0 Å². The Labute approximate surface area is 146 Å². The van der Waals surface area contributed by atoms with Crippen molar-refractivity contribution in [2.75, 3.05) is 0 Å². The molecule has 0 aliphatic rings. The number of Topliss-reactive ketones (excluding diaryl/α,β-unsaturated/α-hetero) is 1. The second-order valence-corrected chi connectivity index (χ2v) is 7.62. The molecule has 0 atom stereocenters. The van der Waals surface area contributed by atoms with Gasteiger partial charge >= 0.3 is 0 Å². The van der Waals surface area contributed by atoms with E-state index in [2.05, 4.69) is 65.8 Å². The van der Waals surface area contributed by atoms with E-state index in [0.717, 1.165) is 5.56 Å². The summed E-state index contributed by atoms with van der Waals surface area (Å²) in [4.78, 5) is 11.0. The normalized spacial score (nSPS) is 11.2. The van der Waals surface area contributed by atoms with Crippen molar-refractivity contribution in [1.82, 2.24) is 0 Å². The van der Waals surface area contributed by atoms with E-state index in [0.29, 0.717) is 5.41 Å². The molecular weight excluding hydrogens is 312 g/mol. The fraction of sp³-hybridized carbons (Fsp3) is 0.450. The molecule has 0 N–H and O–H groups in total. The van der Waals surface area contributed by atoms with Crippen molar-refractivity contribution in [3.05, 3.63) is 59.2 Å². The molecule has 2 aromatic carbocycles. The molecule has 22 heavy (non-hydrogen) atoms. The molecule has 0 aliphatic carbocycles. The minimum absolute atomic E-state index is 0. The Kier molecular flexibility index (Phi) is 7.54. The van der Waals surface area contributed by atoms with Crippen LogP contribution in [-0.2, 0) is 27.9 Å². The summed E-state index contributed by atoms with van der Waals surface area (Å²) in [6.07, 6.45) is 0. The largest absolute Gasteiger partial charge is 0.748 e. The van der Waals surface area contributed by atoms with Gasteiger partial charge in [0, 0.05) is 17.1 Å². The number of carbonyl (C=O) groups is 1. The van der Waals surface area contributed by atoms with Crippen LogP contribution in [0, 0.1) is 0 Å². The van der Waals surface area contributed by atoms with Crippen molar-refractivity contribution in [3.63, 3.8) is 0 Å².